The highest BCUT2D eigenvalue weighted by molar-refractivity contribution is 7.98. The van der Waals surface area contributed by atoms with Crippen LogP contribution in [0, 0.1) is 0 Å². The molecule has 0 bridgehead atoms. The number of amides is 1. The van der Waals surface area contributed by atoms with Crippen molar-refractivity contribution in [3.63, 3.8) is 0 Å². The van der Waals surface area contributed by atoms with E-state index >= 15 is 0 Å². The fraction of sp³-hybridized carbons (Fsp3) is 0.727. The van der Waals surface area contributed by atoms with Gasteiger partial charge in [0.05, 0.1) is 0 Å². The van der Waals surface area contributed by atoms with Crippen molar-refractivity contribution < 1.29 is 4.79 Å². The molecule has 1 amide bonds. The number of carbonyl (C=O) groups is 1. The third-order valence-electron chi connectivity index (χ3n) is 2.41. The Morgan fingerprint density at radius 2 is 2.35 bits per heavy atom. The normalized spacial score (nSPS) is 10.8. The monoisotopic (exact) mass is 256 g/mol. The molecular formula is C11H20N4OS. The zero-order valence-electron chi connectivity index (χ0n) is 10.6. The summed E-state index contributed by atoms with van der Waals surface area (Å²) >= 11 is 1.68. The quantitative estimate of drug-likeness (QED) is 0.798. The van der Waals surface area contributed by atoms with Crippen LogP contribution in [0.15, 0.2) is 6.33 Å². The summed E-state index contributed by atoms with van der Waals surface area (Å²) in [5.41, 5.74) is 0. The van der Waals surface area contributed by atoms with Crippen LogP contribution in [0.25, 0.3) is 0 Å². The Balaban J connectivity index is 2.30. The van der Waals surface area contributed by atoms with E-state index in [1.807, 2.05) is 10.8 Å². The zero-order chi connectivity index (χ0) is 12.7. The highest BCUT2D eigenvalue weighted by atomic mass is 32.2. The van der Waals surface area contributed by atoms with Gasteiger partial charge >= 0.3 is 0 Å². The predicted molar refractivity (Wildman–Crippen MR) is 70.1 cm³/mol. The number of hydrogen-bond acceptors (Lipinski definition) is 4. The molecule has 0 saturated heterocycles. The van der Waals surface area contributed by atoms with Crippen LogP contribution in [-0.4, -0.2) is 39.2 Å². The number of hydrogen-bond donors (Lipinski definition) is 1. The maximum atomic E-state index is 11.4. The van der Waals surface area contributed by atoms with Crippen molar-refractivity contribution in [2.45, 2.75) is 32.7 Å². The lowest BCUT2D eigenvalue weighted by atomic mass is 10.3. The van der Waals surface area contributed by atoms with Crippen LogP contribution < -0.4 is 5.32 Å². The summed E-state index contributed by atoms with van der Waals surface area (Å²) in [5, 5.41) is 10.8. The van der Waals surface area contributed by atoms with Gasteiger partial charge in [0.15, 0.2) is 0 Å². The summed E-state index contributed by atoms with van der Waals surface area (Å²) < 4.78 is 2.02. The van der Waals surface area contributed by atoms with Gasteiger partial charge in [0.2, 0.25) is 5.91 Å². The molecule has 96 valence electrons. The molecule has 0 fully saturated rings. The van der Waals surface area contributed by atoms with E-state index in [-0.39, 0.29) is 5.91 Å². The van der Waals surface area contributed by atoms with Crippen molar-refractivity contribution in [3.05, 3.63) is 12.2 Å². The first-order chi connectivity index (χ1) is 8.15. The van der Waals surface area contributed by atoms with E-state index in [4.69, 9.17) is 0 Å². The average molecular weight is 256 g/mol. The van der Waals surface area contributed by atoms with Gasteiger partial charge in [-0.25, -0.2) is 0 Å². The van der Waals surface area contributed by atoms with E-state index in [9.17, 15) is 4.79 Å². The number of aromatic nitrogens is 3. The van der Waals surface area contributed by atoms with Gasteiger partial charge in [-0.1, -0.05) is 0 Å². The molecule has 1 aromatic rings. The van der Waals surface area contributed by atoms with Gasteiger partial charge < -0.3 is 9.88 Å². The van der Waals surface area contributed by atoms with Crippen LogP contribution in [0.1, 0.15) is 32.1 Å². The minimum atomic E-state index is 0.106. The standard InChI is InChI=1S/C11H20N4OS/c1-9(2)15-8-13-14-10(15)4-6-12-11(16)5-7-17-3/h8-9H,4-7H2,1-3H3,(H,12,16). The molecule has 1 heterocycles. The highest BCUT2D eigenvalue weighted by Crippen LogP contribution is 2.06. The smallest absolute Gasteiger partial charge is 0.220 e. The van der Waals surface area contributed by atoms with Crippen LogP contribution in [0.4, 0.5) is 0 Å². The molecule has 5 nitrogen and oxygen atoms in total. The Hall–Kier alpha value is -1.04. The molecule has 1 rings (SSSR count). The van der Waals surface area contributed by atoms with Gasteiger partial charge in [-0.2, -0.15) is 11.8 Å². The zero-order valence-corrected chi connectivity index (χ0v) is 11.5. The van der Waals surface area contributed by atoms with Crippen LogP contribution in [-0.2, 0) is 11.2 Å². The topological polar surface area (TPSA) is 59.8 Å². The van der Waals surface area contributed by atoms with Crippen molar-refractivity contribution >= 4 is 17.7 Å². The fourth-order valence-electron chi connectivity index (χ4n) is 1.47. The number of carbonyl (C=O) groups excluding carboxylic acids is 1. The summed E-state index contributed by atoms with van der Waals surface area (Å²) in [4.78, 5) is 11.4. The second-order valence-corrected chi connectivity index (χ2v) is 5.08. The molecule has 0 aliphatic heterocycles. The molecule has 0 radical (unpaired) electrons. The van der Waals surface area contributed by atoms with E-state index in [1.54, 1.807) is 18.1 Å². The van der Waals surface area contributed by atoms with E-state index in [2.05, 4.69) is 29.4 Å². The fourth-order valence-corrected chi connectivity index (χ4v) is 1.86. The molecule has 1 N–H and O–H groups in total. The summed E-state index contributed by atoms with van der Waals surface area (Å²) in [6.07, 6.45) is 5.04. The first-order valence-corrected chi connectivity index (χ1v) is 7.18. The first kappa shape index (κ1) is 14.0. The van der Waals surface area contributed by atoms with Crippen LogP contribution >= 0.6 is 11.8 Å². The third kappa shape index (κ3) is 4.77. The van der Waals surface area contributed by atoms with Crippen LogP contribution in [0.2, 0.25) is 0 Å². The Bertz CT molecular complexity index is 351. The van der Waals surface area contributed by atoms with Gasteiger partial charge in [0, 0.05) is 31.2 Å². The van der Waals surface area contributed by atoms with E-state index in [1.165, 1.54) is 0 Å². The summed E-state index contributed by atoms with van der Waals surface area (Å²) in [5.74, 6) is 1.90. The van der Waals surface area contributed by atoms with Gasteiger partial charge in [-0.05, 0) is 20.1 Å². The Morgan fingerprint density at radius 3 is 3.00 bits per heavy atom. The highest BCUT2D eigenvalue weighted by Gasteiger charge is 2.07. The average Bonchev–Trinajstić information content (AvgIpc) is 2.74. The second kappa shape index (κ2) is 7.32. The van der Waals surface area contributed by atoms with Crippen molar-refractivity contribution in [1.82, 2.24) is 20.1 Å². The maximum absolute atomic E-state index is 11.4. The van der Waals surface area contributed by atoms with E-state index in [0.717, 1.165) is 18.0 Å². The lowest BCUT2D eigenvalue weighted by Gasteiger charge is -2.10. The minimum Gasteiger partial charge on any atom is -0.356 e. The molecule has 1 aromatic heterocycles. The molecule has 6 heteroatoms. The maximum Gasteiger partial charge on any atom is 0.220 e. The molecular weight excluding hydrogens is 236 g/mol. The van der Waals surface area contributed by atoms with Gasteiger partial charge in [0.25, 0.3) is 0 Å². The van der Waals surface area contributed by atoms with Crippen molar-refractivity contribution in [3.8, 4) is 0 Å². The molecule has 0 aliphatic carbocycles. The Labute approximate surface area is 106 Å². The van der Waals surface area contributed by atoms with Gasteiger partial charge in [-0.15, -0.1) is 10.2 Å². The Morgan fingerprint density at radius 1 is 1.59 bits per heavy atom. The number of thioether (sulfide) groups is 1. The summed E-state index contributed by atoms with van der Waals surface area (Å²) in [7, 11) is 0. The summed E-state index contributed by atoms with van der Waals surface area (Å²) in [6, 6.07) is 0.354. The molecule has 0 atom stereocenters. The molecule has 0 saturated carbocycles. The second-order valence-electron chi connectivity index (χ2n) is 4.09. The van der Waals surface area contributed by atoms with Gasteiger partial charge in [0.1, 0.15) is 12.2 Å². The van der Waals surface area contributed by atoms with E-state index < -0.39 is 0 Å². The predicted octanol–water partition coefficient (Wildman–Crippen LogP) is 1.27. The van der Waals surface area contributed by atoms with Gasteiger partial charge in [-0.3, -0.25) is 4.79 Å². The number of rotatable bonds is 7. The largest absolute Gasteiger partial charge is 0.356 e. The summed E-state index contributed by atoms with van der Waals surface area (Å²) in [6.45, 7) is 4.80. The SMILES string of the molecule is CSCCC(=O)NCCc1nncn1C(C)C. The Kier molecular flexibility index (Phi) is 6.04. The molecule has 17 heavy (non-hydrogen) atoms. The van der Waals surface area contributed by atoms with E-state index in [0.29, 0.717) is 19.0 Å². The molecule has 0 aromatic carbocycles. The van der Waals surface area contributed by atoms with Crippen LogP contribution in [0.3, 0.4) is 0 Å². The lowest BCUT2D eigenvalue weighted by molar-refractivity contribution is -0.120. The lowest BCUT2D eigenvalue weighted by Crippen LogP contribution is -2.26. The molecule has 0 unspecified atom stereocenters. The molecule has 0 aliphatic rings. The number of nitrogens with zero attached hydrogens (tertiary/aromatic N) is 3. The first-order valence-electron chi connectivity index (χ1n) is 5.79. The van der Waals surface area contributed by atoms with Crippen molar-refractivity contribution in [2.24, 2.45) is 0 Å². The van der Waals surface area contributed by atoms with Crippen molar-refractivity contribution in [1.29, 1.82) is 0 Å². The van der Waals surface area contributed by atoms with Crippen LogP contribution in [0.5, 0.6) is 0 Å². The minimum absolute atomic E-state index is 0.106. The molecule has 0 spiro atoms. The van der Waals surface area contributed by atoms with Crippen molar-refractivity contribution in [2.75, 3.05) is 18.6 Å². The third-order valence-corrected chi connectivity index (χ3v) is 3.02. The number of nitrogens with one attached hydrogen (secondary N) is 1.